The summed E-state index contributed by atoms with van der Waals surface area (Å²) >= 11 is 0. The Morgan fingerprint density at radius 3 is 1.74 bits per heavy atom. The molecule has 2 atom stereocenters. The van der Waals surface area contributed by atoms with Crippen molar-refractivity contribution in [3.05, 3.63) is 71.8 Å². The molecule has 2 rings (SSSR count). The second kappa shape index (κ2) is 7.10. The Balaban J connectivity index is 1.97. The van der Waals surface area contributed by atoms with Crippen LogP contribution in [0.4, 0.5) is 0 Å². The second-order valence-electron chi connectivity index (χ2n) is 5.30. The molecule has 0 fully saturated rings. The van der Waals surface area contributed by atoms with E-state index in [1.54, 1.807) is 0 Å². The lowest BCUT2D eigenvalue weighted by molar-refractivity contribution is 0.181. The van der Waals surface area contributed by atoms with Crippen molar-refractivity contribution in [1.82, 2.24) is 0 Å². The highest BCUT2D eigenvalue weighted by atomic mass is 16.3. The monoisotopic (exact) mass is 254 g/mol. The van der Waals surface area contributed by atoms with Crippen molar-refractivity contribution in [2.24, 2.45) is 11.8 Å². The van der Waals surface area contributed by atoms with Gasteiger partial charge < -0.3 is 5.11 Å². The molecule has 0 radical (unpaired) electrons. The molecule has 19 heavy (non-hydrogen) atoms. The van der Waals surface area contributed by atoms with Crippen LogP contribution in [0.1, 0.15) is 18.1 Å². The SMILES string of the molecule is C[C@H](Cc1ccccc1)[C@H](CO)Cc1ccccc1. The first-order valence-corrected chi connectivity index (χ1v) is 6.98. The smallest absolute Gasteiger partial charge is 0.0465 e. The van der Waals surface area contributed by atoms with Crippen LogP contribution in [0.3, 0.4) is 0 Å². The molecule has 0 aromatic heterocycles. The van der Waals surface area contributed by atoms with Crippen LogP contribution in [-0.4, -0.2) is 11.7 Å². The molecule has 100 valence electrons. The van der Waals surface area contributed by atoms with E-state index in [0.717, 1.165) is 12.8 Å². The molecule has 0 amide bonds. The zero-order valence-electron chi connectivity index (χ0n) is 11.5. The predicted molar refractivity (Wildman–Crippen MR) is 80.0 cm³/mol. The maximum absolute atomic E-state index is 9.64. The van der Waals surface area contributed by atoms with Crippen molar-refractivity contribution in [2.45, 2.75) is 19.8 Å². The van der Waals surface area contributed by atoms with Crippen LogP contribution >= 0.6 is 0 Å². The lowest BCUT2D eigenvalue weighted by Crippen LogP contribution is -2.20. The molecule has 1 nitrogen and oxygen atoms in total. The van der Waals surface area contributed by atoms with Crippen molar-refractivity contribution in [1.29, 1.82) is 0 Å². The number of aliphatic hydroxyl groups is 1. The van der Waals surface area contributed by atoms with E-state index in [9.17, 15) is 5.11 Å². The van der Waals surface area contributed by atoms with E-state index in [1.165, 1.54) is 11.1 Å². The third-order valence-electron chi connectivity index (χ3n) is 3.78. The lowest BCUT2D eigenvalue weighted by atomic mass is 9.84. The zero-order chi connectivity index (χ0) is 13.5. The van der Waals surface area contributed by atoms with Crippen LogP contribution < -0.4 is 0 Å². The van der Waals surface area contributed by atoms with Crippen molar-refractivity contribution in [3.63, 3.8) is 0 Å². The topological polar surface area (TPSA) is 20.2 Å². The van der Waals surface area contributed by atoms with Gasteiger partial charge in [-0.3, -0.25) is 0 Å². The van der Waals surface area contributed by atoms with Gasteiger partial charge in [0.05, 0.1) is 0 Å². The van der Waals surface area contributed by atoms with Gasteiger partial charge in [-0.1, -0.05) is 67.6 Å². The summed E-state index contributed by atoms with van der Waals surface area (Å²) in [4.78, 5) is 0. The highest BCUT2D eigenvalue weighted by Crippen LogP contribution is 2.21. The van der Waals surface area contributed by atoms with Gasteiger partial charge >= 0.3 is 0 Å². The van der Waals surface area contributed by atoms with Crippen molar-refractivity contribution in [2.75, 3.05) is 6.61 Å². The molecular formula is C18H22O. The zero-order valence-corrected chi connectivity index (χ0v) is 11.5. The molecule has 0 spiro atoms. The Labute approximate surface area is 115 Å². The van der Waals surface area contributed by atoms with Gasteiger partial charge in [-0.15, -0.1) is 0 Å². The normalized spacial score (nSPS) is 14.0. The minimum atomic E-state index is 0.253. The van der Waals surface area contributed by atoms with Gasteiger partial charge in [0.1, 0.15) is 0 Å². The first-order chi connectivity index (χ1) is 9.29. The molecule has 2 aromatic carbocycles. The molecule has 1 heteroatoms. The van der Waals surface area contributed by atoms with E-state index in [2.05, 4.69) is 55.5 Å². The molecular weight excluding hydrogens is 232 g/mol. The molecule has 0 aliphatic rings. The molecule has 1 N–H and O–H groups in total. The quantitative estimate of drug-likeness (QED) is 0.833. The van der Waals surface area contributed by atoms with Crippen LogP contribution in [-0.2, 0) is 12.8 Å². The standard InChI is InChI=1S/C18H22O/c1-15(12-16-8-4-2-5-9-16)18(14-19)13-17-10-6-3-7-11-17/h2-11,15,18-19H,12-14H2,1H3/t15-,18+/m1/s1. The third-order valence-corrected chi connectivity index (χ3v) is 3.78. The molecule has 0 heterocycles. The number of rotatable bonds is 6. The van der Waals surface area contributed by atoms with E-state index in [-0.39, 0.29) is 6.61 Å². The summed E-state index contributed by atoms with van der Waals surface area (Å²) in [5.74, 6) is 0.801. The number of aliphatic hydroxyl groups excluding tert-OH is 1. The second-order valence-corrected chi connectivity index (χ2v) is 5.30. The average molecular weight is 254 g/mol. The maximum Gasteiger partial charge on any atom is 0.0465 e. The summed E-state index contributed by atoms with van der Waals surface area (Å²) in [5, 5.41) is 9.64. The molecule has 0 saturated heterocycles. The molecule has 2 aromatic rings. The Kier molecular flexibility index (Phi) is 5.17. The van der Waals surface area contributed by atoms with Crippen LogP contribution in [0.25, 0.3) is 0 Å². The van der Waals surface area contributed by atoms with Gasteiger partial charge in [-0.2, -0.15) is 0 Å². The van der Waals surface area contributed by atoms with Gasteiger partial charge in [0.25, 0.3) is 0 Å². The van der Waals surface area contributed by atoms with Gasteiger partial charge in [0.15, 0.2) is 0 Å². The van der Waals surface area contributed by atoms with Gasteiger partial charge in [-0.05, 0) is 35.8 Å². The van der Waals surface area contributed by atoms with E-state index in [4.69, 9.17) is 0 Å². The predicted octanol–water partition coefficient (Wildman–Crippen LogP) is 3.72. The molecule has 0 aliphatic heterocycles. The van der Waals surface area contributed by atoms with E-state index in [1.807, 2.05) is 12.1 Å². The molecule has 0 aliphatic carbocycles. The summed E-state index contributed by atoms with van der Waals surface area (Å²) < 4.78 is 0. The lowest BCUT2D eigenvalue weighted by Gasteiger charge is -2.22. The van der Waals surface area contributed by atoms with Crippen LogP contribution in [0.5, 0.6) is 0 Å². The van der Waals surface area contributed by atoms with Crippen molar-refractivity contribution < 1.29 is 5.11 Å². The van der Waals surface area contributed by atoms with Gasteiger partial charge in [-0.25, -0.2) is 0 Å². The van der Waals surface area contributed by atoms with Crippen LogP contribution in [0, 0.1) is 11.8 Å². The number of hydrogen-bond donors (Lipinski definition) is 1. The fourth-order valence-electron chi connectivity index (χ4n) is 2.52. The maximum atomic E-state index is 9.64. The van der Waals surface area contributed by atoms with Gasteiger partial charge in [0.2, 0.25) is 0 Å². The van der Waals surface area contributed by atoms with E-state index in [0.29, 0.717) is 11.8 Å². The fraction of sp³-hybridized carbons (Fsp3) is 0.333. The van der Waals surface area contributed by atoms with E-state index >= 15 is 0 Å². The first kappa shape index (κ1) is 13.8. The van der Waals surface area contributed by atoms with Crippen LogP contribution in [0.15, 0.2) is 60.7 Å². The summed E-state index contributed by atoms with van der Waals surface area (Å²) in [5.41, 5.74) is 2.66. The summed E-state index contributed by atoms with van der Waals surface area (Å²) in [6, 6.07) is 20.9. The number of hydrogen-bond acceptors (Lipinski definition) is 1. The summed E-state index contributed by atoms with van der Waals surface area (Å²) in [7, 11) is 0. The molecule has 0 saturated carbocycles. The van der Waals surface area contributed by atoms with Crippen molar-refractivity contribution >= 4 is 0 Å². The summed E-state index contributed by atoms with van der Waals surface area (Å²) in [6.07, 6.45) is 1.98. The first-order valence-electron chi connectivity index (χ1n) is 6.98. The fourth-order valence-corrected chi connectivity index (χ4v) is 2.52. The Bertz CT molecular complexity index is 464. The highest BCUT2D eigenvalue weighted by Gasteiger charge is 2.17. The highest BCUT2D eigenvalue weighted by molar-refractivity contribution is 5.17. The number of benzene rings is 2. The Morgan fingerprint density at radius 2 is 1.26 bits per heavy atom. The largest absolute Gasteiger partial charge is 0.396 e. The van der Waals surface area contributed by atoms with Crippen molar-refractivity contribution in [3.8, 4) is 0 Å². The summed E-state index contributed by atoms with van der Waals surface area (Å²) in [6.45, 7) is 2.49. The molecule has 0 unspecified atom stereocenters. The van der Waals surface area contributed by atoms with Gasteiger partial charge in [0, 0.05) is 6.61 Å². The van der Waals surface area contributed by atoms with E-state index < -0.39 is 0 Å². The third kappa shape index (κ3) is 4.22. The van der Waals surface area contributed by atoms with Crippen LogP contribution in [0.2, 0.25) is 0 Å². The minimum absolute atomic E-state index is 0.253. The Hall–Kier alpha value is -1.60. The minimum Gasteiger partial charge on any atom is -0.396 e. The Morgan fingerprint density at radius 1 is 0.789 bits per heavy atom. The average Bonchev–Trinajstić information content (AvgIpc) is 2.47. The molecule has 0 bridgehead atoms.